The van der Waals surface area contributed by atoms with Crippen molar-refractivity contribution in [3.63, 3.8) is 0 Å². The third-order valence-corrected chi connectivity index (χ3v) is 5.04. The van der Waals surface area contributed by atoms with E-state index in [1.165, 1.54) is 5.69 Å². The van der Waals surface area contributed by atoms with Gasteiger partial charge in [-0.3, -0.25) is 8.98 Å². The monoisotopic (exact) mass is 458 g/mol. The van der Waals surface area contributed by atoms with E-state index in [-0.39, 0.29) is 5.91 Å². The Kier molecular flexibility index (Phi) is 9.33. The summed E-state index contributed by atoms with van der Waals surface area (Å²) in [5, 5.41) is 3.03. The smallest absolute Gasteiger partial charge is 0.255 e. The van der Waals surface area contributed by atoms with Crippen LogP contribution in [0.15, 0.2) is 72.9 Å². The number of aryl methyl sites for hydroxylation is 3. The van der Waals surface area contributed by atoms with Crippen molar-refractivity contribution in [2.24, 2.45) is 7.05 Å². The van der Waals surface area contributed by atoms with E-state index < -0.39 is 10.4 Å². The number of aromatic nitrogens is 1. The number of hydrogen-bond donors (Lipinski definition) is 1. The Morgan fingerprint density at radius 3 is 2.19 bits per heavy atom. The zero-order valence-corrected chi connectivity index (χ0v) is 19.0. The maximum Gasteiger partial charge on any atom is 0.255 e. The molecule has 9 heteroatoms. The van der Waals surface area contributed by atoms with Crippen LogP contribution in [0.1, 0.15) is 21.6 Å². The predicted octanol–water partition coefficient (Wildman–Crippen LogP) is 2.65. The highest BCUT2D eigenvalue weighted by atomic mass is 32.3. The lowest BCUT2D eigenvalue weighted by Crippen LogP contribution is -2.32. The van der Waals surface area contributed by atoms with Gasteiger partial charge in [-0.1, -0.05) is 24.3 Å². The first-order valence-electron chi connectivity index (χ1n) is 9.71. The normalized spacial score (nSPS) is 10.6. The van der Waals surface area contributed by atoms with Gasteiger partial charge < -0.3 is 14.6 Å². The molecule has 1 amide bonds. The van der Waals surface area contributed by atoms with E-state index in [9.17, 15) is 17.8 Å². The van der Waals surface area contributed by atoms with E-state index in [2.05, 4.69) is 26.2 Å². The molecule has 3 rings (SSSR count). The molecular formula is C23H26N2O6S. The Hall–Kier alpha value is -3.27. The number of hydrogen-bond acceptors (Lipinski definition) is 6. The minimum atomic E-state index is -4.41. The van der Waals surface area contributed by atoms with Crippen LogP contribution in [0.5, 0.6) is 5.75 Å². The Balaban J connectivity index is 0.000000534. The standard InChI is InChI=1S/C22H22N2O2.CH4O4S/c1-24-16-6-5-8-19(24)13-10-17-7-3-4-9-21(17)23-22(25)18-11-14-20(26-2)15-12-18;1-5-6(2,3)4/h3-9,11-12,14-16H,10,13H2,1-2H3;1H3,(H,2,3,4). The highest BCUT2D eigenvalue weighted by Crippen LogP contribution is 2.19. The molecule has 0 spiro atoms. The van der Waals surface area contributed by atoms with E-state index in [0.29, 0.717) is 5.56 Å². The third kappa shape index (κ3) is 8.10. The number of nitrogens with one attached hydrogen (secondary N) is 1. The summed E-state index contributed by atoms with van der Waals surface area (Å²) in [5.74, 6) is 0.614. The summed E-state index contributed by atoms with van der Waals surface area (Å²) in [4.78, 5) is 12.5. The minimum absolute atomic E-state index is 0.120. The average molecular weight is 459 g/mol. The van der Waals surface area contributed by atoms with Crippen LogP contribution >= 0.6 is 0 Å². The van der Waals surface area contributed by atoms with Crippen molar-refractivity contribution in [2.45, 2.75) is 12.8 Å². The van der Waals surface area contributed by atoms with Gasteiger partial charge in [-0.25, -0.2) is 13.0 Å². The molecule has 1 heterocycles. The number of anilines is 1. The summed E-state index contributed by atoms with van der Waals surface area (Å²) < 4.78 is 38.3. The van der Waals surface area contributed by atoms with Crippen LogP contribution in [0, 0.1) is 0 Å². The number of ether oxygens (including phenoxy) is 1. The predicted molar refractivity (Wildman–Crippen MR) is 119 cm³/mol. The molecule has 8 nitrogen and oxygen atoms in total. The maximum atomic E-state index is 12.5. The fraction of sp³-hybridized carbons (Fsp3) is 0.217. The molecule has 0 saturated carbocycles. The SMILES string of the molecule is COS(=O)(=O)[O-].COc1ccc(C(=O)Nc2ccccc2CCc2cccc[n+]2C)cc1. The van der Waals surface area contributed by atoms with Gasteiger partial charge >= 0.3 is 0 Å². The van der Waals surface area contributed by atoms with Gasteiger partial charge in [-0.05, 0) is 42.3 Å². The van der Waals surface area contributed by atoms with Gasteiger partial charge in [-0.15, -0.1) is 0 Å². The van der Waals surface area contributed by atoms with Crippen LogP contribution in [0.2, 0.25) is 0 Å². The van der Waals surface area contributed by atoms with E-state index in [1.807, 2.05) is 43.6 Å². The second kappa shape index (κ2) is 11.9. The van der Waals surface area contributed by atoms with Crippen LogP contribution in [0.3, 0.4) is 0 Å². The first-order chi connectivity index (χ1) is 15.2. The molecule has 0 radical (unpaired) electrons. The number of rotatable bonds is 7. The largest absolute Gasteiger partial charge is 0.726 e. The average Bonchev–Trinajstić information content (AvgIpc) is 2.79. The van der Waals surface area contributed by atoms with Crippen molar-refractivity contribution in [3.05, 3.63) is 89.7 Å². The second-order valence-electron chi connectivity index (χ2n) is 6.72. The Labute approximate surface area is 188 Å². The van der Waals surface area contributed by atoms with E-state index in [0.717, 1.165) is 37.0 Å². The molecule has 170 valence electrons. The molecule has 1 aromatic heterocycles. The molecule has 0 unspecified atom stereocenters. The zero-order valence-electron chi connectivity index (χ0n) is 18.1. The van der Waals surface area contributed by atoms with E-state index >= 15 is 0 Å². The first kappa shape index (κ1) is 25.0. The third-order valence-electron chi connectivity index (χ3n) is 4.63. The van der Waals surface area contributed by atoms with Crippen molar-refractivity contribution in [3.8, 4) is 5.75 Å². The Bertz CT molecular complexity index is 1130. The number of para-hydroxylation sites is 1. The lowest BCUT2D eigenvalue weighted by molar-refractivity contribution is -0.679. The number of methoxy groups -OCH3 is 1. The number of pyridine rings is 1. The van der Waals surface area contributed by atoms with Gasteiger partial charge in [-0.2, -0.15) is 0 Å². The summed E-state index contributed by atoms with van der Waals surface area (Å²) in [7, 11) is 0.0533. The number of carbonyl (C=O) groups excluding carboxylic acids is 1. The number of carbonyl (C=O) groups is 1. The number of nitrogens with zero attached hydrogens (tertiary/aromatic N) is 1. The van der Waals surface area contributed by atoms with Crippen molar-refractivity contribution >= 4 is 22.0 Å². The van der Waals surface area contributed by atoms with E-state index in [4.69, 9.17) is 4.74 Å². The molecule has 3 aromatic rings. The fourth-order valence-electron chi connectivity index (χ4n) is 2.88. The molecule has 0 aliphatic carbocycles. The van der Waals surface area contributed by atoms with Gasteiger partial charge in [0.05, 0.1) is 14.2 Å². The van der Waals surface area contributed by atoms with Gasteiger partial charge in [0.2, 0.25) is 10.4 Å². The van der Waals surface area contributed by atoms with Gasteiger partial charge in [0.1, 0.15) is 12.8 Å². The highest BCUT2D eigenvalue weighted by Gasteiger charge is 2.11. The van der Waals surface area contributed by atoms with Gasteiger partial charge in [0.15, 0.2) is 11.9 Å². The minimum Gasteiger partial charge on any atom is -0.726 e. The van der Waals surface area contributed by atoms with Crippen molar-refractivity contribution < 1.29 is 31.3 Å². The quantitative estimate of drug-likeness (QED) is 0.331. The van der Waals surface area contributed by atoms with Crippen LogP contribution < -0.4 is 14.6 Å². The molecule has 0 atom stereocenters. The number of benzene rings is 2. The molecule has 2 aromatic carbocycles. The first-order valence-corrected chi connectivity index (χ1v) is 11.0. The lowest BCUT2D eigenvalue weighted by atomic mass is 10.0. The second-order valence-corrected chi connectivity index (χ2v) is 7.87. The summed E-state index contributed by atoms with van der Waals surface area (Å²) in [5.41, 5.74) is 3.84. The van der Waals surface area contributed by atoms with Crippen molar-refractivity contribution in [1.29, 1.82) is 0 Å². The molecule has 0 aliphatic heterocycles. The highest BCUT2D eigenvalue weighted by molar-refractivity contribution is 7.80. The molecule has 0 fully saturated rings. The molecule has 0 aliphatic rings. The molecule has 32 heavy (non-hydrogen) atoms. The Morgan fingerprint density at radius 1 is 0.969 bits per heavy atom. The van der Waals surface area contributed by atoms with Gasteiger partial charge in [0, 0.05) is 29.8 Å². The van der Waals surface area contributed by atoms with Crippen LogP contribution in [0.4, 0.5) is 5.69 Å². The van der Waals surface area contributed by atoms with Crippen molar-refractivity contribution in [1.82, 2.24) is 0 Å². The van der Waals surface area contributed by atoms with Gasteiger partial charge in [0.25, 0.3) is 5.91 Å². The summed E-state index contributed by atoms with van der Waals surface area (Å²) in [6, 6.07) is 21.2. The van der Waals surface area contributed by atoms with Crippen LogP contribution in [-0.4, -0.2) is 33.1 Å². The van der Waals surface area contributed by atoms with E-state index in [1.54, 1.807) is 31.4 Å². The van der Waals surface area contributed by atoms with Crippen molar-refractivity contribution in [2.75, 3.05) is 19.5 Å². The zero-order chi connectivity index (χ0) is 23.6. The Morgan fingerprint density at radius 2 is 1.59 bits per heavy atom. The molecular weight excluding hydrogens is 432 g/mol. The topological polar surface area (TPSA) is 109 Å². The molecule has 0 saturated heterocycles. The fourth-order valence-corrected chi connectivity index (χ4v) is 2.88. The number of amides is 1. The van der Waals surface area contributed by atoms with Crippen LogP contribution in [-0.2, 0) is 34.5 Å². The summed E-state index contributed by atoms with van der Waals surface area (Å²) in [6.07, 6.45) is 3.82. The lowest BCUT2D eigenvalue weighted by Gasteiger charge is -2.11. The molecule has 1 N–H and O–H groups in total. The van der Waals surface area contributed by atoms with Crippen LogP contribution in [0.25, 0.3) is 0 Å². The maximum absolute atomic E-state index is 12.5. The summed E-state index contributed by atoms with van der Waals surface area (Å²) in [6.45, 7) is 0. The summed E-state index contributed by atoms with van der Waals surface area (Å²) >= 11 is 0. The molecule has 0 bridgehead atoms.